The van der Waals surface area contributed by atoms with Gasteiger partial charge in [0.05, 0.1) is 13.2 Å². The average molecular weight is 439 g/mol. The number of benzene rings is 1. The Hall–Kier alpha value is -1.94. The molecule has 2 rings (SSSR count). The van der Waals surface area contributed by atoms with Gasteiger partial charge >= 0.3 is 0 Å². The number of aliphatic hydroxyl groups is 5. The van der Waals surface area contributed by atoms with E-state index in [2.05, 4.69) is 0 Å². The molecule has 0 saturated carbocycles. The summed E-state index contributed by atoms with van der Waals surface area (Å²) in [7, 11) is 0. The predicted molar refractivity (Wildman–Crippen MR) is 115 cm³/mol. The van der Waals surface area contributed by atoms with Crippen molar-refractivity contribution in [1.29, 1.82) is 0 Å². The molecule has 0 unspecified atom stereocenters. The van der Waals surface area contributed by atoms with Crippen molar-refractivity contribution in [2.75, 3.05) is 13.2 Å². The van der Waals surface area contributed by atoms with Crippen molar-refractivity contribution < 1.29 is 40.1 Å². The second-order valence-corrected chi connectivity index (χ2v) is 8.06. The van der Waals surface area contributed by atoms with E-state index >= 15 is 0 Å². The van der Waals surface area contributed by atoms with Crippen LogP contribution in [0.25, 0.3) is 0 Å². The number of allylic oxidation sites excluding steroid dienone is 3. The predicted octanol–water partition coefficient (Wildman–Crippen LogP) is 1.09. The first-order valence-electron chi connectivity index (χ1n) is 10.4. The van der Waals surface area contributed by atoms with Crippen molar-refractivity contribution in [2.24, 2.45) is 0 Å². The third-order valence-electron chi connectivity index (χ3n) is 5.42. The van der Waals surface area contributed by atoms with Gasteiger partial charge in [-0.3, -0.25) is 0 Å². The van der Waals surface area contributed by atoms with Crippen LogP contribution in [0.3, 0.4) is 0 Å². The molecule has 174 valence electrons. The van der Waals surface area contributed by atoms with Gasteiger partial charge in [-0.1, -0.05) is 23.3 Å². The van der Waals surface area contributed by atoms with Gasteiger partial charge in [0.15, 0.2) is 0 Å². The normalized spacial score (nSPS) is 27.4. The molecule has 0 aliphatic carbocycles. The number of hydrogen-bond donors (Lipinski definition) is 6. The number of ether oxygens (including phenoxy) is 2. The highest BCUT2D eigenvalue weighted by Crippen LogP contribution is 2.32. The van der Waals surface area contributed by atoms with Crippen molar-refractivity contribution in [3.8, 4) is 11.5 Å². The fraction of sp³-hybridized carbons (Fsp3) is 0.565. The zero-order valence-electron chi connectivity index (χ0n) is 18.2. The quantitative estimate of drug-likeness (QED) is 0.315. The Bertz CT molecular complexity index is 786. The summed E-state index contributed by atoms with van der Waals surface area (Å²) in [5.74, 6) is 0.461. The van der Waals surface area contributed by atoms with Gasteiger partial charge in [-0.15, -0.1) is 0 Å². The van der Waals surface area contributed by atoms with Gasteiger partial charge in [0, 0.05) is 5.56 Å². The van der Waals surface area contributed by atoms with Crippen molar-refractivity contribution >= 4 is 0 Å². The zero-order valence-corrected chi connectivity index (χ0v) is 18.2. The lowest BCUT2D eigenvalue weighted by Gasteiger charge is -2.39. The summed E-state index contributed by atoms with van der Waals surface area (Å²) in [4.78, 5) is 0. The first kappa shape index (κ1) is 25.3. The van der Waals surface area contributed by atoms with E-state index in [0.29, 0.717) is 23.3 Å². The molecule has 1 heterocycles. The van der Waals surface area contributed by atoms with Gasteiger partial charge in [0.2, 0.25) is 6.29 Å². The Morgan fingerprint density at radius 1 is 1.03 bits per heavy atom. The molecule has 1 aromatic carbocycles. The van der Waals surface area contributed by atoms with Crippen LogP contribution in [0.2, 0.25) is 0 Å². The fourth-order valence-electron chi connectivity index (χ4n) is 3.27. The summed E-state index contributed by atoms with van der Waals surface area (Å²) in [6.45, 7) is 5.07. The molecule has 1 aliphatic rings. The van der Waals surface area contributed by atoms with E-state index in [1.54, 1.807) is 19.1 Å². The fourth-order valence-corrected chi connectivity index (χ4v) is 3.27. The second-order valence-electron chi connectivity index (χ2n) is 8.06. The SMILES string of the molecule is C/C(=C/CC/C(C)=C/Cc1cc(O)c(C)cc1O[C@@H]1O[C@H](CO)[C@@H](O)[C@H](O)[C@H]1O)CO. The highest BCUT2D eigenvalue weighted by Gasteiger charge is 2.44. The topological polar surface area (TPSA) is 140 Å². The van der Waals surface area contributed by atoms with Crippen molar-refractivity contribution in [3.05, 3.63) is 46.6 Å². The molecular weight excluding hydrogens is 404 g/mol. The van der Waals surface area contributed by atoms with Gasteiger partial charge in [-0.2, -0.15) is 0 Å². The van der Waals surface area contributed by atoms with E-state index in [1.807, 2.05) is 26.0 Å². The smallest absolute Gasteiger partial charge is 0.229 e. The van der Waals surface area contributed by atoms with Gasteiger partial charge < -0.3 is 40.1 Å². The van der Waals surface area contributed by atoms with Gasteiger partial charge in [-0.25, -0.2) is 0 Å². The van der Waals surface area contributed by atoms with Crippen LogP contribution < -0.4 is 4.74 Å². The van der Waals surface area contributed by atoms with Crippen molar-refractivity contribution in [2.45, 2.75) is 70.7 Å². The standard InChI is InChI=1S/C23H34O8/c1-13(5-4-6-14(2)11-24)7-8-16-10-17(26)15(3)9-18(16)30-23-22(29)21(28)20(27)19(12-25)31-23/h6-7,9-10,19-29H,4-5,8,11-12H2,1-3H3/b13-7+,14-6-/t19-,20-,21+,22-,23-/m1/s1. The maximum absolute atomic E-state index is 10.3. The molecule has 0 amide bonds. The molecule has 6 N–H and O–H groups in total. The van der Waals surface area contributed by atoms with E-state index in [9.17, 15) is 25.5 Å². The molecule has 0 spiro atoms. The van der Waals surface area contributed by atoms with Crippen LogP contribution in [0.15, 0.2) is 35.4 Å². The van der Waals surface area contributed by atoms with Gasteiger partial charge in [0.25, 0.3) is 0 Å². The molecule has 0 aromatic heterocycles. The first-order chi connectivity index (χ1) is 14.7. The number of aryl methyl sites for hydroxylation is 1. The lowest BCUT2D eigenvalue weighted by atomic mass is 9.99. The average Bonchev–Trinajstić information content (AvgIpc) is 2.75. The number of aromatic hydroxyl groups is 1. The van der Waals surface area contributed by atoms with Gasteiger partial charge in [-0.05, 0) is 57.7 Å². The highest BCUT2D eigenvalue weighted by atomic mass is 16.7. The Kier molecular flexibility index (Phi) is 9.49. The second kappa shape index (κ2) is 11.6. The van der Waals surface area contributed by atoms with Crippen LogP contribution >= 0.6 is 0 Å². The molecular formula is C23H34O8. The minimum absolute atomic E-state index is 0.0457. The highest BCUT2D eigenvalue weighted by molar-refractivity contribution is 5.46. The molecule has 0 radical (unpaired) electrons. The maximum Gasteiger partial charge on any atom is 0.229 e. The van der Waals surface area contributed by atoms with E-state index in [4.69, 9.17) is 14.6 Å². The Labute approximate surface area is 182 Å². The van der Waals surface area contributed by atoms with Crippen LogP contribution in [-0.2, 0) is 11.2 Å². The van der Waals surface area contributed by atoms with E-state index < -0.39 is 37.3 Å². The zero-order chi connectivity index (χ0) is 23.1. The summed E-state index contributed by atoms with van der Waals surface area (Å²) >= 11 is 0. The first-order valence-corrected chi connectivity index (χ1v) is 10.4. The lowest BCUT2D eigenvalue weighted by molar-refractivity contribution is -0.277. The number of hydrogen-bond acceptors (Lipinski definition) is 8. The number of rotatable bonds is 9. The van der Waals surface area contributed by atoms with E-state index in [0.717, 1.165) is 24.0 Å². The summed E-state index contributed by atoms with van der Waals surface area (Å²) in [6, 6.07) is 3.19. The Balaban J connectivity index is 2.17. The van der Waals surface area contributed by atoms with Crippen LogP contribution in [0.4, 0.5) is 0 Å². The summed E-state index contributed by atoms with van der Waals surface area (Å²) in [5.41, 5.74) is 3.27. The summed E-state index contributed by atoms with van der Waals surface area (Å²) in [5, 5.41) is 58.7. The van der Waals surface area contributed by atoms with Crippen LogP contribution in [0.5, 0.6) is 11.5 Å². The molecule has 1 aliphatic heterocycles. The molecule has 31 heavy (non-hydrogen) atoms. The molecule has 8 nitrogen and oxygen atoms in total. The lowest BCUT2D eigenvalue weighted by Crippen LogP contribution is -2.60. The van der Waals surface area contributed by atoms with E-state index in [1.165, 1.54) is 0 Å². The number of aliphatic hydroxyl groups excluding tert-OH is 5. The Morgan fingerprint density at radius 3 is 2.39 bits per heavy atom. The van der Waals surface area contributed by atoms with Crippen LogP contribution in [0.1, 0.15) is 37.8 Å². The van der Waals surface area contributed by atoms with Crippen LogP contribution in [0, 0.1) is 6.92 Å². The molecule has 5 atom stereocenters. The maximum atomic E-state index is 10.3. The van der Waals surface area contributed by atoms with E-state index in [-0.39, 0.29) is 12.4 Å². The summed E-state index contributed by atoms with van der Waals surface area (Å²) in [6.07, 6.45) is -0.800. The minimum Gasteiger partial charge on any atom is -0.508 e. The largest absolute Gasteiger partial charge is 0.508 e. The van der Waals surface area contributed by atoms with Crippen molar-refractivity contribution in [3.63, 3.8) is 0 Å². The molecule has 1 saturated heterocycles. The minimum atomic E-state index is -1.53. The van der Waals surface area contributed by atoms with Crippen molar-refractivity contribution in [1.82, 2.24) is 0 Å². The van der Waals surface area contributed by atoms with Gasteiger partial charge in [0.1, 0.15) is 35.9 Å². The van der Waals surface area contributed by atoms with Crippen LogP contribution in [-0.4, -0.2) is 74.6 Å². The molecule has 1 aromatic rings. The molecule has 0 bridgehead atoms. The number of phenolic OH excluding ortho intramolecular Hbond substituents is 1. The monoisotopic (exact) mass is 438 g/mol. The summed E-state index contributed by atoms with van der Waals surface area (Å²) < 4.78 is 11.2. The number of phenols is 1. The third-order valence-corrected chi connectivity index (χ3v) is 5.42. The molecule has 8 heteroatoms. The Morgan fingerprint density at radius 2 is 1.74 bits per heavy atom. The third kappa shape index (κ3) is 6.77. The molecule has 1 fully saturated rings.